The third-order valence-electron chi connectivity index (χ3n) is 3.78. The second-order valence-electron chi connectivity index (χ2n) is 5.73. The summed E-state index contributed by atoms with van der Waals surface area (Å²) >= 11 is 0. The summed E-state index contributed by atoms with van der Waals surface area (Å²) in [6.07, 6.45) is 3.44. The fourth-order valence-electron chi connectivity index (χ4n) is 2.44. The summed E-state index contributed by atoms with van der Waals surface area (Å²) in [5, 5.41) is 5.84. The maximum Gasteiger partial charge on any atom is 0.252 e. The average Bonchev–Trinajstić information content (AvgIpc) is 2.63. The molecule has 2 N–H and O–H groups in total. The Balaban J connectivity index is 2.01. The van der Waals surface area contributed by atoms with Gasteiger partial charge in [0.05, 0.1) is 0 Å². The van der Waals surface area contributed by atoms with Gasteiger partial charge in [-0.2, -0.15) is 0 Å². The van der Waals surface area contributed by atoms with Gasteiger partial charge in [-0.1, -0.05) is 56.2 Å². The topological polar surface area (TPSA) is 58.2 Å². The number of carbonyl (C=O) groups is 2. The van der Waals surface area contributed by atoms with E-state index in [1.165, 1.54) is 0 Å². The Bertz CT molecular complexity index is 588. The minimum absolute atomic E-state index is 0.175. The van der Waals surface area contributed by atoms with Crippen molar-refractivity contribution in [3.8, 4) is 0 Å². The van der Waals surface area contributed by atoms with Gasteiger partial charge >= 0.3 is 0 Å². The van der Waals surface area contributed by atoms with E-state index in [4.69, 9.17) is 0 Å². The molecule has 24 heavy (non-hydrogen) atoms. The summed E-state index contributed by atoms with van der Waals surface area (Å²) in [5.41, 5.74) is 1.18. The smallest absolute Gasteiger partial charge is 0.252 e. The minimum Gasteiger partial charge on any atom is -0.332 e. The highest BCUT2D eigenvalue weighted by molar-refractivity contribution is 5.96. The molecule has 0 heterocycles. The number of rotatable bonds is 8. The fourth-order valence-corrected chi connectivity index (χ4v) is 2.44. The standard InChI is InChI=1S/C20H24N2O2/c1-2-3-6-15-18(21-19(23)16-11-7-4-8-12-16)22-20(24)17-13-9-5-10-14-17/h4-5,7-14,18H,2-3,6,15H2,1H3,(H,21,23)(H,22,24). The zero-order chi connectivity index (χ0) is 17.2. The van der Waals surface area contributed by atoms with Crippen molar-refractivity contribution in [3.05, 3.63) is 71.8 Å². The molecule has 2 aromatic rings. The largest absolute Gasteiger partial charge is 0.332 e. The molecule has 0 aliphatic carbocycles. The van der Waals surface area contributed by atoms with Gasteiger partial charge in [-0.15, -0.1) is 0 Å². The van der Waals surface area contributed by atoms with Gasteiger partial charge in [0.25, 0.3) is 11.8 Å². The first-order valence-corrected chi connectivity index (χ1v) is 8.42. The summed E-state index contributed by atoms with van der Waals surface area (Å²) in [6, 6.07) is 18.1. The first kappa shape index (κ1) is 17.7. The summed E-state index contributed by atoms with van der Waals surface area (Å²) in [4.78, 5) is 24.7. The molecule has 0 fully saturated rings. The molecule has 0 saturated carbocycles. The predicted octanol–water partition coefficient (Wildman–Crippen LogP) is 3.75. The van der Waals surface area contributed by atoms with Crippen molar-refractivity contribution in [2.24, 2.45) is 0 Å². The molecule has 2 aromatic carbocycles. The second kappa shape index (κ2) is 9.50. The first-order chi connectivity index (χ1) is 11.7. The molecule has 126 valence electrons. The van der Waals surface area contributed by atoms with E-state index in [9.17, 15) is 9.59 Å². The van der Waals surface area contributed by atoms with Gasteiger partial charge in [0.1, 0.15) is 6.17 Å². The first-order valence-electron chi connectivity index (χ1n) is 8.42. The molecule has 0 radical (unpaired) electrons. The Labute approximate surface area is 143 Å². The van der Waals surface area contributed by atoms with E-state index in [0.717, 1.165) is 19.3 Å². The number of hydrogen-bond donors (Lipinski definition) is 2. The van der Waals surface area contributed by atoms with Crippen LogP contribution >= 0.6 is 0 Å². The highest BCUT2D eigenvalue weighted by Crippen LogP contribution is 2.06. The van der Waals surface area contributed by atoms with Gasteiger partial charge in [-0.05, 0) is 37.1 Å². The molecule has 0 aliphatic rings. The lowest BCUT2D eigenvalue weighted by molar-refractivity contribution is 0.0879. The highest BCUT2D eigenvalue weighted by Gasteiger charge is 2.16. The van der Waals surface area contributed by atoms with Gasteiger partial charge in [0, 0.05) is 11.1 Å². The molecule has 0 spiro atoms. The van der Waals surface area contributed by atoms with Crippen LogP contribution in [0.1, 0.15) is 53.3 Å². The second-order valence-corrected chi connectivity index (χ2v) is 5.73. The van der Waals surface area contributed by atoms with Crippen LogP contribution in [0.25, 0.3) is 0 Å². The normalized spacial score (nSPS) is 10.4. The number of hydrogen-bond acceptors (Lipinski definition) is 2. The van der Waals surface area contributed by atoms with Crippen molar-refractivity contribution < 1.29 is 9.59 Å². The van der Waals surface area contributed by atoms with E-state index in [2.05, 4.69) is 17.6 Å². The van der Waals surface area contributed by atoms with Crippen molar-refractivity contribution in [2.75, 3.05) is 0 Å². The maximum atomic E-state index is 12.3. The van der Waals surface area contributed by atoms with Gasteiger partial charge in [-0.25, -0.2) is 0 Å². The molecule has 0 unspecified atom stereocenters. The molecule has 0 aromatic heterocycles. The van der Waals surface area contributed by atoms with E-state index < -0.39 is 0 Å². The zero-order valence-corrected chi connectivity index (χ0v) is 14.0. The molecular formula is C20H24N2O2. The van der Waals surface area contributed by atoms with Crippen molar-refractivity contribution in [1.82, 2.24) is 10.6 Å². The number of unbranched alkanes of at least 4 members (excludes halogenated alkanes) is 2. The maximum absolute atomic E-state index is 12.3. The third-order valence-corrected chi connectivity index (χ3v) is 3.78. The molecule has 4 heteroatoms. The molecule has 0 atom stereocenters. The molecule has 0 saturated heterocycles. The Kier molecular flexibility index (Phi) is 7.02. The summed E-state index contributed by atoms with van der Waals surface area (Å²) in [5.74, 6) is -0.351. The SMILES string of the molecule is CCCCCC(NC(=O)c1ccccc1)NC(=O)c1ccccc1. The van der Waals surface area contributed by atoms with Gasteiger partial charge in [0.2, 0.25) is 0 Å². The van der Waals surface area contributed by atoms with Gasteiger partial charge in [-0.3, -0.25) is 9.59 Å². The van der Waals surface area contributed by atoms with Crippen molar-refractivity contribution in [3.63, 3.8) is 0 Å². The quantitative estimate of drug-likeness (QED) is 0.574. The lowest BCUT2D eigenvalue weighted by Crippen LogP contribution is -2.48. The van der Waals surface area contributed by atoms with E-state index in [1.807, 2.05) is 36.4 Å². The Hall–Kier alpha value is -2.62. The lowest BCUT2D eigenvalue weighted by Gasteiger charge is -2.20. The van der Waals surface area contributed by atoms with Crippen LogP contribution in [-0.2, 0) is 0 Å². The Morgan fingerprint density at radius 1 is 0.792 bits per heavy atom. The zero-order valence-electron chi connectivity index (χ0n) is 14.0. The Morgan fingerprint density at radius 2 is 1.25 bits per heavy atom. The van der Waals surface area contributed by atoms with Gasteiger partial charge < -0.3 is 10.6 Å². The van der Waals surface area contributed by atoms with E-state index in [1.54, 1.807) is 24.3 Å². The number of benzene rings is 2. The van der Waals surface area contributed by atoms with Crippen LogP contribution in [0.15, 0.2) is 60.7 Å². The molecule has 0 bridgehead atoms. The molecule has 4 nitrogen and oxygen atoms in total. The van der Waals surface area contributed by atoms with Crippen LogP contribution < -0.4 is 10.6 Å². The number of carbonyl (C=O) groups excluding carboxylic acids is 2. The van der Waals surface area contributed by atoms with Crippen molar-refractivity contribution in [2.45, 2.75) is 38.8 Å². The van der Waals surface area contributed by atoms with Crippen LogP contribution in [0.5, 0.6) is 0 Å². The van der Waals surface area contributed by atoms with E-state index >= 15 is 0 Å². The van der Waals surface area contributed by atoms with E-state index in [-0.39, 0.29) is 18.0 Å². The van der Waals surface area contributed by atoms with Crippen LogP contribution in [0.4, 0.5) is 0 Å². The average molecular weight is 324 g/mol. The molecule has 0 aliphatic heterocycles. The molecule has 2 amide bonds. The van der Waals surface area contributed by atoms with Crippen LogP contribution in [-0.4, -0.2) is 18.0 Å². The number of amides is 2. The third kappa shape index (κ3) is 5.54. The summed E-state index contributed by atoms with van der Waals surface area (Å²) in [7, 11) is 0. The van der Waals surface area contributed by atoms with Crippen LogP contribution in [0.3, 0.4) is 0 Å². The minimum atomic E-state index is -0.378. The molecular weight excluding hydrogens is 300 g/mol. The van der Waals surface area contributed by atoms with Crippen molar-refractivity contribution in [1.29, 1.82) is 0 Å². The molecule has 2 rings (SSSR count). The number of nitrogens with one attached hydrogen (secondary N) is 2. The van der Waals surface area contributed by atoms with E-state index in [0.29, 0.717) is 17.5 Å². The highest BCUT2D eigenvalue weighted by atomic mass is 16.2. The summed E-state index contributed by atoms with van der Waals surface area (Å²) < 4.78 is 0. The van der Waals surface area contributed by atoms with Crippen molar-refractivity contribution >= 4 is 11.8 Å². The monoisotopic (exact) mass is 324 g/mol. The predicted molar refractivity (Wildman–Crippen MR) is 95.7 cm³/mol. The lowest BCUT2D eigenvalue weighted by atomic mass is 10.1. The van der Waals surface area contributed by atoms with Crippen LogP contribution in [0.2, 0.25) is 0 Å². The summed E-state index contributed by atoms with van der Waals surface area (Å²) in [6.45, 7) is 2.13. The van der Waals surface area contributed by atoms with Crippen LogP contribution in [0, 0.1) is 0 Å². The van der Waals surface area contributed by atoms with Gasteiger partial charge in [0.15, 0.2) is 0 Å². The Morgan fingerprint density at radius 3 is 1.67 bits per heavy atom. The fraction of sp³-hybridized carbons (Fsp3) is 0.300.